The molecule has 0 unspecified atom stereocenters. The number of para-hydroxylation sites is 1. The Morgan fingerprint density at radius 1 is 1.19 bits per heavy atom. The third-order valence-corrected chi connectivity index (χ3v) is 4.55. The zero-order valence-corrected chi connectivity index (χ0v) is 12.9. The van der Waals surface area contributed by atoms with Crippen LogP contribution in [0.15, 0.2) is 29.4 Å². The van der Waals surface area contributed by atoms with E-state index in [-0.39, 0.29) is 5.24 Å². The first-order valence-corrected chi connectivity index (χ1v) is 8.26. The Morgan fingerprint density at radius 2 is 1.95 bits per heavy atom. The van der Waals surface area contributed by atoms with Gasteiger partial charge in [-0.05, 0) is 25.8 Å². The molecule has 1 saturated carbocycles. The summed E-state index contributed by atoms with van der Waals surface area (Å²) in [6.07, 6.45) is 5.88. The second-order valence-electron chi connectivity index (χ2n) is 5.48. The minimum absolute atomic E-state index is 0.0448. The molecular weight excluding hydrogens is 282 g/mol. The van der Waals surface area contributed by atoms with Crippen LogP contribution in [0, 0.1) is 6.92 Å². The second kappa shape index (κ2) is 6.43. The highest BCUT2D eigenvalue weighted by Crippen LogP contribution is 2.22. The van der Waals surface area contributed by atoms with E-state index < -0.39 is 0 Å². The smallest absolute Gasteiger partial charge is 0.287 e. The normalized spacial score (nSPS) is 16.0. The van der Waals surface area contributed by atoms with Crippen LogP contribution in [-0.4, -0.2) is 21.2 Å². The lowest BCUT2D eigenvalue weighted by molar-refractivity contribution is 0.253. The monoisotopic (exact) mass is 301 g/mol. The van der Waals surface area contributed by atoms with Crippen molar-refractivity contribution in [3.8, 4) is 0 Å². The van der Waals surface area contributed by atoms with Gasteiger partial charge in [0.1, 0.15) is 0 Å². The predicted molar refractivity (Wildman–Crippen MR) is 85.5 cm³/mol. The number of hydrogen-bond donors (Lipinski definition) is 1. The molecule has 4 nitrogen and oxygen atoms in total. The number of nitrogens with one attached hydrogen (secondary N) is 1. The molecule has 0 radical (unpaired) electrons. The molecule has 5 heteroatoms. The van der Waals surface area contributed by atoms with E-state index in [0.29, 0.717) is 11.2 Å². The third kappa shape index (κ3) is 3.53. The maximum atomic E-state index is 12.1. The molecule has 0 atom stereocenters. The molecular formula is C16H19N3OS. The van der Waals surface area contributed by atoms with Crippen molar-refractivity contribution in [1.82, 2.24) is 15.3 Å². The van der Waals surface area contributed by atoms with Crippen molar-refractivity contribution in [2.45, 2.75) is 50.2 Å². The minimum atomic E-state index is -0.0448. The number of rotatable bonds is 2. The fourth-order valence-corrected chi connectivity index (χ4v) is 3.50. The standard InChI is InChI=1S/C16H19N3OS/c1-11-13-9-5-6-10-14(13)19-15(17-11)21-16(20)18-12-7-3-2-4-8-12/h5-6,9-10,12H,2-4,7-8H2,1H3,(H,18,20). The maximum Gasteiger partial charge on any atom is 0.287 e. The summed E-state index contributed by atoms with van der Waals surface area (Å²) >= 11 is 1.09. The van der Waals surface area contributed by atoms with E-state index in [9.17, 15) is 4.79 Å². The van der Waals surface area contributed by atoms with Crippen molar-refractivity contribution in [2.75, 3.05) is 0 Å². The molecule has 1 aromatic heterocycles. The van der Waals surface area contributed by atoms with Gasteiger partial charge in [0, 0.05) is 28.9 Å². The van der Waals surface area contributed by atoms with Crippen LogP contribution >= 0.6 is 11.8 Å². The molecule has 1 aliphatic carbocycles. The lowest BCUT2D eigenvalue weighted by atomic mass is 9.96. The van der Waals surface area contributed by atoms with E-state index in [1.165, 1.54) is 19.3 Å². The fraction of sp³-hybridized carbons (Fsp3) is 0.438. The van der Waals surface area contributed by atoms with E-state index in [2.05, 4.69) is 15.3 Å². The van der Waals surface area contributed by atoms with Gasteiger partial charge in [-0.3, -0.25) is 4.79 Å². The number of nitrogens with zero attached hydrogens (tertiary/aromatic N) is 2. The number of thioether (sulfide) groups is 1. The van der Waals surface area contributed by atoms with Gasteiger partial charge in [-0.1, -0.05) is 37.5 Å². The summed E-state index contributed by atoms with van der Waals surface area (Å²) in [6, 6.07) is 8.20. The summed E-state index contributed by atoms with van der Waals surface area (Å²) in [6.45, 7) is 1.95. The number of hydrogen-bond acceptors (Lipinski definition) is 4. The molecule has 1 amide bonds. The number of fused-ring (bicyclic) bond motifs is 1. The van der Waals surface area contributed by atoms with Crippen molar-refractivity contribution >= 4 is 27.9 Å². The summed E-state index contributed by atoms with van der Waals surface area (Å²) < 4.78 is 0. The van der Waals surface area contributed by atoms with Crippen LogP contribution in [0.2, 0.25) is 0 Å². The Morgan fingerprint density at radius 3 is 2.76 bits per heavy atom. The van der Waals surface area contributed by atoms with E-state index in [0.717, 1.165) is 41.2 Å². The highest BCUT2D eigenvalue weighted by molar-refractivity contribution is 8.13. The zero-order chi connectivity index (χ0) is 14.7. The molecule has 1 aromatic carbocycles. The fourth-order valence-electron chi connectivity index (χ4n) is 2.78. The van der Waals surface area contributed by atoms with Gasteiger partial charge in [-0.15, -0.1) is 0 Å². The molecule has 1 aliphatic rings. The molecule has 21 heavy (non-hydrogen) atoms. The number of carbonyl (C=O) groups is 1. The predicted octanol–water partition coefficient (Wildman–Crippen LogP) is 4.07. The number of aryl methyl sites for hydroxylation is 1. The van der Waals surface area contributed by atoms with E-state index in [4.69, 9.17) is 0 Å². The second-order valence-corrected chi connectivity index (χ2v) is 6.42. The molecule has 0 spiro atoms. The number of carbonyl (C=O) groups excluding carboxylic acids is 1. The first kappa shape index (κ1) is 14.3. The van der Waals surface area contributed by atoms with Crippen LogP contribution in [0.3, 0.4) is 0 Å². The van der Waals surface area contributed by atoms with E-state index >= 15 is 0 Å². The summed E-state index contributed by atoms with van der Waals surface area (Å²) in [5.74, 6) is 0. The maximum absolute atomic E-state index is 12.1. The number of amides is 1. The van der Waals surface area contributed by atoms with Gasteiger partial charge in [-0.2, -0.15) is 0 Å². The molecule has 0 aliphatic heterocycles. The van der Waals surface area contributed by atoms with Gasteiger partial charge in [0.05, 0.1) is 5.52 Å². The third-order valence-electron chi connectivity index (χ3n) is 3.88. The Balaban J connectivity index is 1.70. The Bertz CT molecular complexity index is 653. The topological polar surface area (TPSA) is 54.9 Å². The average Bonchev–Trinajstić information content (AvgIpc) is 2.48. The van der Waals surface area contributed by atoms with Crippen LogP contribution in [0.1, 0.15) is 37.8 Å². The van der Waals surface area contributed by atoms with Crippen molar-refractivity contribution in [1.29, 1.82) is 0 Å². The Labute approximate surface area is 128 Å². The van der Waals surface area contributed by atoms with Crippen LogP contribution in [0.5, 0.6) is 0 Å². The summed E-state index contributed by atoms with van der Waals surface area (Å²) in [5, 5.41) is 4.60. The highest BCUT2D eigenvalue weighted by Gasteiger charge is 2.17. The highest BCUT2D eigenvalue weighted by atomic mass is 32.2. The van der Waals surface area contributed by atoms with Gasteiger partial charge in [-0.25, -0.2) is 9.97 Å². The van der Waals surface area contributed by atoms with Crippen molar-refractivity contribution in [3.05, 3.63) is 30.0 Å². The van der Waals surface area contributed by atoms with Crippen LogP contribution < -0.4 is 5.32 Å². The molecule has 110 valence electrons. The quantitative estimate of drug-likeness (QED) is 0.671. The number of aromatic nitrogens is 2. The zero-order valence-electron chi connectivity index (χ0n) is 12.1. The van der Waals surface area contributed by atoms with Crippen molar-refractivity contribution in [3.63, 3.8) is 0 Å². The van der Waals surface area contributed by atoms with Gasteiger partial charge >= 0.3 is 0 Å². The lowest BCUT2D eigenvalue weighted by Crippen LogP contribution is -2.33. The van der Waals surface area contributed by atoms with Gasteiger partial charge in [0.25, 0.3) is 5.24 Å². The SMILES string of the molecule is Cc1nc(SC(=O)NC2CCCCC2)nc2ccccc12. The van der Waals surface area contributed by atoms with Crippen LogP contribution in [-0.2, 0) is 0 Å². The molecule has 1 N–H and O–H groups in total. The van der Waals surface area contributed by atoms with Crippen molar-refractivity contribution < 1.29 is 4.79 Å². The summed E-state index contributed by atoms with van der Waals surface area (Å²) in [7, 11) is 0. The van der Waals surface area contributed by atoms with Crippen LogP contribution in [0.25, 0.3) is 10.9 Å². The molecule has 0 saturated heterocycles. The van der Waals surface area contributed by atoms with Gasteiger partial charge < -0.3 is 5.32 Å². The Hall–Kier alpha value is -1.62. The molecule has 0 bridgehead atoms. The minimum Gasteiger partial charge on any atom is -0.344 e. The lowest BCUT2D eigenvalue weighted by Gasteiger charge is -2.22. The molecule has 2 aromatic rings. The van der Waals surface area contributed by atoms with Crippen molar-refractivity contribution in [2.24, 2.45) is 0 Å². The van der Waals surface area contributed by atoms with Gasteiger partial charge in [0.15, 0.2) is 5.16 Å². The first-order chi connectivity index (χ1) is 10.2. The van der Waals surface area contributed by atoms with Crippen LogP contribution in [0.4, 0.5) is 4.79 Å². The van der Waals surface area contributed by atoms with E-state index in [1.54, 1.807) is 0 Å². The largest absolute Gasteiger partial charge is 0.344 e. The molecule has 1 heterocycles. The molecule has 1 fully saturated rings. The first-order valence-electron chi connectivity index (χ1n) is 7.44. The molecule has 3 rings (SSSR count). The van der Waals surface area contributed by atoms with Gasteiger partial charge in [0.2, 0.25) is 0 Å². The van der Waals surface area contributed by atoms with E-state index in [1.807, 2.05) is 31.2 Å². The summed E-state index contributed by atoms with van der Waals surface area (Å²) in [4.78, 5) is 21.0. The average molecular weight is 301 g/mol. The summed E-state index contributed by atoms with van der Waals surface area (Å²) in [5.41, 5.74) is 1.80. The number of benzene rings is 1. The Kier molecular flexibility index (Phi) is 4.39.